The van der Waals surface area contributed by atoms with E-state index in [0.717, 1.165) is 18.9 Å². The number of nitrogens with one attached hydrogen (secondary N) is 1. The minimum atomic E-state index is -1.06. The topological polar surface area (TPSA) is 151 Å². The molecule has 0 aromatic heterocycles. The Bertz CT molecular complexity index is 474. The molecule has 0 aliphatic rings. The molecule has 9 heteroatoms. The predicted octanol–water partition coefficient (Wildman–Crippen LogP) is -0.997. The highest BCUT2D eigenvalue weighted by Crippen LogP contribution is 2.25. The van der Waals surface area contributed by atoms with E-state index in [9.17, 15) is 4.79 Å². The van der Waals surface area contributed by atoms with Crippen LogP contribution in [0.1, 0.15) is 10.4 Å². The zero-order chi connectivity index (χ0) is 15.0. The highest BCUT2D eigenvalue weighted by molar-refractivity contribution is 8.13. The molecule has 9 N–H and O–H groups in total. The van der Waals surface area contributed by atoms with Crippen molar-refractivity contribution in [1.29, 1.82) is 0 Å². The van der Waals surface area contributed by atoms with Gasteiger partial charge in [-0.15, -0.1) is 0 Å². The fourth-order valence-electron chi connectivity index (χ4n) is 1.11. The van der Waals surface area contributed by atoms with E-state index in [4.69, 9.17) is 27.6 Å². The van der Waals surface area contributed by atoms with E-state index in [-0.39, 0.29) is 5.56 Å². The average Bonchev–Trinajstić information content (AvgIpc) is 2.39. The van der Waals surface area contributed by atoms with Crippen LogP contribution in [0.25, 0.3) is 0 Å². The molecule has 1 aromatic carbocycles. The number of aliphatic hydroxyl groups excluding tert-OH is 1. The second-order valence-electron chi connectivity index (χ2n) is 3.22. The number of hydrazone groups is 1. The van der Waals surface area contributed by atoms with Gasteiger partial charge in [-0.1, -0.05) is 0 Å². The number of carboxylic acid groups (broad SMARTS) is 1. The standard InChI is InChI=1S/C9H13N5O2S.CH4O/c1-14(12)9(13-11)17-7-3-2-5(10)4-6(7)8(15)16;1-2/h2-4H,10-12H2,1H3,(H,15,16);2H,1H3/p+1. The Morgan fingerprint density at radius 1 is 1.42 bits per heavy atom. The lowest BCUT2D eigenvalue weighted by Gasteiger charge is -2.06. The summed E-state index contributed by atoms with van der Waals surface area (Å²) >= 11 is 1.11. The van der Waals surface area contributed by atoms with Gasteiger partial charge in [-0.2, -0.15) is 16.0 Å². The van der Waals surface area contributed by atoms with Crippen molar-refractivity contribution in [3.8, 4) is 0 Å². The van der Waals surface area contributed by atoms with Gasteiger partial charge < -0.3 is 15.9 Å². The molecule has 1 rings (SSSR count). The highest BCUT2D eigenvalue weighted by atomic mass is 32.2. The van der Waals surface area contributed by atoms with Gasteiger partial charge >= 0.3 is 11.1 Å². The number of hydrazine groups is 2. The Labute approximate surface area is 114 Å². The summed E-state index contributed by atoms with van der Waals surface area (Å²) in [5.74, 6) is 9.73. The third kappa shape index (κ3) is 5.04. The molecular formula is C10H18N5O3S+. The van der Waals surface area contributed by atoms with Crippen LogP contribution in [0.2, 0.25) is 0 Å². The number of benzene rings is 1. The first-order valence-corrected chi connectivity index (χ1v) is 5.84. The molecule has 0 radical (unpaired) electrons. The number of nitrogen functional groups attached to an aromatic ring is 1. The van der Waals surface area contributed by atoms with E-state index in [2.05, 4.69) is 5.43 Å². The minimum Gasteiger partial charge on any atom is -0.478 e. The maximum Gasteiger partial charge on any atom is 0.351 e. The van der Waals surface area contributed by atoms with Crippen LogP contribution >= 0.6 is 11.8 Å². The van der Waals surface area contributed by atoms with Crippen LogP contribution in [0.5, 0.6) is 0 Å². The number of thioether (sulfide) groups is 1. The van der Waals surface area contributed by atoms with Gasteiger partial charge in [0.2, 0.25) is 0 Å². The van der Waals surface area contributed by atoms with Crippen molar-refractivity contribution in [2.75, 3.05) is 19.9 Å². The zero-order valence-electron chi connectivity index (χ0n) is 10.6. The van der Waals surface area contributed by atoms with Crippen LogP contribution in [0, 0.1) is 0 Å². The Hall–Kier alpha value is -1.97. The minimum absolute atomic E-state index is 0.101. The Kier molecular flexibility index (Phi) is 7.34. The van der Waals surface area contributed by atoms with E-state index >= 15 is 0 Å². The molecule has 0 amide bonds. The maximum atomic E-state index is 11.0. The first kappa shape index (κ1) is 17.0. The number of nitrogens with two attached hydrogens (primary N) is 3. The maximum absolute atomic E-state index is 11.0. The molecule has 8 nitrogen and oxygen atoms in total. The number of carbonyl (C=O) groups is 1. The van der Waals surface area contributed by atoms with E-state index in [0.29, 0.717) is 15.8 Å². The van der Waals surface area contributed by atoms with Gasteiger partial charge in [0.15, 0.2) is 0 Å². The number of hydrogen-bond donors (Lipinski definition) is 6. The first-order valence-electron chi connectivity index (χ1n) is 5.03. The molecule has 106 valence electrons. The summed E-state index contributed by atoms with van der Waals surface area (Å²) in [5.41, 5.74) is 8.41. The Morgan fingerprint density at radius 3 is 2.42 bits per heavy atom. The van der Waals surface area contributed by atoms with Crippen LogP contribution < -0.4 is 22.8 Å². The molecule has 19 heavy (non-hydrogen) atoms. The first-order chi connectivity index (χ1) is 8.95. The molecule has 0 aliphatic heterocycles. The van der Waals surface area contributed by atoms with Gasteiger partial charge in [-0.25, -0.2) is 4.79 Å². The monoisotopic (exact) mass is 288 g/mol. The van der Waals surface area contributed by atoms with Crippen molar-refractivity contribution < 1.29 is 19.7 Å². The molecule has 0 atom stereocenters. The van der Waals surface area contributed by atoms with E-state index in [1.165, 1.54) is 10.8 Å². The number of nitrogens with zero attached hydrogens (tertiary/aromatic N) is 1. The normalized spacial score (nSPS) is 10.9. The van der Waals surface area contributed by atoms with Crippen LogP contribution in [0.15, 0.2) is 23.1 Å². The Balaban J connectivity index is 0.00000154. The molecule has 1 aromatic rings. The van der Waals surface area contributed by atoms with Gasteiger partial charge in [0.1, 0.15) is 7.05 Å². The SMILES string of the molecule is C/[N+](N)=C(/NN)Sc1ccc(N)cc1C(=O)O.CO. The number of amidine groups is 1. The summed E-state index contributed by atoms with van der Waals surface area (Å²) in [6, 6.07) is 4.60. The third-order valence-corrected chi connectivity index (χ3v) is 3.06. The second-order valence-corrected chi connectivity index (χ2v) is 4.25. The molecular weight excluding hydrogens is 270 g/mol. The predicted molar refractivity (Wildman–Crippen MR) is 74.5 cm³/mol. The second kappa shape index (κ2) is 8.19. The number of anilines is 1. The number of rotatable bonds is 2. The molecule has 0 saturated carbocycles. The summed E-state index contributed by atoms with van der Waals surface area (Å²) in [5, 5.41) is 16.5. The summed E-state index contributed by atoms with van der Waals surface area (Å²) in [6.45, 7) is 0. The van der Waals surface area contributed by atoms with Gasteiger partial charge in [0.05, 0.1) is 5.56 Å². The smallest absolute Gasteiger partial charge is 0.351 e. The molecule has 0 aliphatic carbocycles. The lowest BCUT2D eigenvalue weighted by Crippen LogP contribution is -2.37. The number of aliphatic hydroxyl groups is 1. The number of hydrogen-bond acceptors (Lipinski definition) is 6. The van der Waals surface area contributed by atoms with Crippen molar-refractivity contribution in [2.45, 2.75) is 4.90 Å². The molecule has 0 heterocycles. The van der Waals surface area contributed by atoms with Crippen molar-refractivity contribution in [3.63, 3.8) is 0 Å². The van der Waals surface area contributed by atoms with Crippen LogP contribution in [-0.4, -0.2) is 40.2 Å². The zero-order valence-corrected chi connectivity index (χ0v) is 11.4. The van der Waals surface area contributed by atoms with Gasteiger partial charge in [-0.3, -0.25) is 5.84 Å². The average molecular weight is 288 g/mol. The van der Waals surface area contributed by atoms with Gasteiger partial charge in [-0.05, 0) is 18.2 Å². The van der Waals surface area contributed by atoms with E-state index in [1.54, 1.807) is 19.2 Å². The van der Waals surface area contributed by atoms with Crippen LogP contribution in [0.3, 0.4) is 0 Å². The third-order valence-electron chi connectivity index (χ3n) is 1.88. The Morgan fingerprint density at radius 2 is 2.00 bits per heavy atom. The van der Waals surface area contributed by atoms with Gasteiger partial charge in [0.25, 0.3) is 0 Å². The largest absolute Gasteiger partial charge is 0.478 e. The van der Waals surface area contributed by atoms with E-state index in [1.807, 2.05) is 0 Å². The van der Waals surface area contributed by atoms with Crippen molar-refractivity contribution in [2.24, 2.45) is 11.7 Å². The molecule has 0 fully saturated rings. The number of carboxylic acids is 1. The lowest BCUT2D eigenvalue weighted by atomic mass is 10.2. The molecule has 0 spiro atoms. The van der Waals surface area contributed by atoms with Crippen molar-refractivity contribution in [3.05, 3.63) is 23.8 Å². The fourth-order valence-corrected chi connectivity index (χ4v) is 1.91. The van der Waals surface area contributed by atoms with Crippen LogP contribution in [-0.2, 0) is 0 Å². The van der Waals surface area contributed by atoms with Crippen molar-refractivity contribution in [1.82, 2.24) is 5.43 Å². The summed E-state index contributed by atoms with van der Waals surface area (Å²) < 4.78 is 1.26. The molecule has 0 saturated heterocycles. The van der Waals surface area contributed by atoms with Gasteiger partial charge in [0, 0.05) is 29.5 Å². The summed E-state index contributed by atoms with van der Waals surface area (Å²) in [7, 11) is 2.58. The highest BCUT2D eigenvalue weighted by Gasteiger charge is 2.17. The lowest BCUT2D eigenvalue weighted by molar-refractivity contribution is -0.508. The number of aromatic carboxylic acids is 1. The summed E-state index contributed by atoms with van der Waals surface area (Å²) in [4.78, 5) is 11.5. The van der Waals surface area contributed by atoms with Crippen molar-refractivity contribution >= 4 is 28.6 Å². The fraction of sp³-hybridized carbons (Fsp3) is 0.200. The quantitative estimate of drug-likeness (QED) is 0.0771. The van der Waals surface area contributed by atoms with E-state index < -0.39 is 5.97 Å². The molecule has 0 unspecified atom stereocenters. The summed E-state index contributed by atoms with van der Waals surface area (Å²) in [6.07, 6.45) is 0. The molecule has 0 bridgehead atoms. The van der Waals surface area contributed by atoms with Crippen LogP contribution in [0.4, 0.5) is 5.69 Å².